The smallest absolute Gasteiger partial charge is 0.255 e. The number of para-hydroxylation sites is 1. The fraction of sp³-hybridized carbons (Fsp3) is 0.529. The third-order valence-corrected chi connectivity index (χ3v) is 4.39. The number of amides is 2. The van der Waals surface area contributed by atoms with Crippen molar-refractivity contribution in [1.82, 2.24) is 9.80 Å². The molecule has 1 heterocycles. The maximum Gasteiger partial charge on any atom is 0.255 e. The Bertz CT molecular complexity index is 573. The van der Waals surface area contributed by atoms with E-state index in [1.807, 2.05) is 31.2 Å². The van der Waals surface area contributed by atoms with Crippen LogP contribution in [0.2, 0.25) is 0 Å². The van der Waals surface area contributed by atoms with Crippen molar-refractivity contribution in [2.24, 2.45) is 0 Å². The lowest BCUT2D eigenvalue weighted by Gasteiger charge is -2.35. The Balaban J connectivity index is 1.67. The lowest BCUT2D eigenvalue weighted by Crippen LogP contribution is -2.51. The fourth-order valence-electron chi connectivity index (χ4n) is 2.60. The lowest BCUT2D eigenvalue weighted by molar-refractivity contribution is -0.138. The maximum absolute atomic E-state index is 12.2. The molecular weight excluding hydrogens is 351 g/mol. The van der Waals surface area contributed by atoms with Crippen LogP contribution in [0.3, 0.4) is 0 Å². The van der Waals surface area contributed by atoms with Crippen LogP contribution in [0, 0.1) is 6.92 Å². The Hall–Kier alpha value is -1.46. The summed E-state index contributed by atoms with van der Waals surface area (Å²) in [5.74, 6) is 0.648. The van der Waals surface area contributed by atoms with Gasteiger partial charge in [0, 0.05) is 32.6 Å². The van der Waals surface area contributed by atoms with Gasteiger partial charge in [0.2, 0.25) is 5.91 Å². The second-order valence-corrected chi connectivity index (χ2v) is 6.82. The largest absolute Gasteiger partial charge is 0.493 e. The van der Waals surface area contributed by atoms with Crippen LogP contribution in [0.4, 0.5) is 0 Å². The van der Waals surface area contributed by atoms with Gasteiger partial charge in [-0.3, -0.25) is 9.59 Å². The number of carbonyl (C=O) groups is 2. The van der Waals surface area contributed by atoms with Crippen molar-refractivity contribution in [2.75, 3.05) is 32.8 Å². The summed E-state index contributed by atoms with van der Waals surface area (Å²) < 4.78 is 5.70. The highest BCUT2D eigenvalue weighted by atomic mass is 35.5. The highest BCUT2D eigenvalue weighted by Gasteiger charge is 2.26. The number of hydrogen-bond acceptors (Lipinski definition) is 3. The van der Waals surface area contributed by atoms with Crippen LogP contribution in [0.25, 0.3) is 0 Å². The Morgan fingerprint density at radius 3 is 2.38 bits per heavy atom. The molecule has 0 atom stereocenters. The second kappa shape index (κ2) is 9.14. The van der Waals surface area contributed by atoms with E-state index in [0.717, 1.165) is 11.3 Å². The molecule has 132 valence electrons. The lowest BCUT2D eigenvalue weighted by atomic mass is 10.2. The van der Waals surface area contributed by atoms with Gasteiger partial charge >= 0.3 is 0 Å². The molecule has 1 aromatic rings. The number of ether oxygens (including phenoxy) is 1. The summed E-state index contributed by atoms with van der Waals surface area (Å²) in [5, 5.41) is 0. The van der Waals surface area contributed by atoms with E-state index in [9.17, 15) is 9.59 Å². The topological polar surface area (TPSA) is 49.9 Å². The van der Waals surface area contributed by atoms with Gasteiger partial charge < -0.3 is 14.5 Å². The first kappa shape index (κ1) is 18.9. The first-order valence-electron chi connectivity index (χ1n) is 8.02. The van der Waals surface area contributed by atoms with Gasteiger partial charge in [-0.1, -0.05) is 41.4 Å². The van der Waals surface area contributed by atoms with E-state index in [-0.39, 0.29) is 11.8 Å². The molecule has 0 N–H and O–H groups in total. The van der Waals surface area contributed by atoms with E-state index < -0.39 is 4.84 Å². The standard InChI is InChI=1S/C17H22Cl2N2O3/c1-13-5-2-3-6-14(13)24-12-4-7-15(22)20-8-10-21(11-9-20)17(23)16(18)19/h2-3,5-6,16H,4,7-12H2,1H3. The van der Waals surface area contributed by atoms with Crippen molar-refractivity contribution < 1.29 is 14.3 Å². The second-order valence-electron chi connectivity index (χ2n) is 5.72. The number of carbonyl (C=O) groups excluding carboxylic acids is 2. The molecule has 0 aromatic heterocycles. The molecule has 2 rings (SSSR count). The van der Waals surface area contributed by atoms with Crippen molar-refractivity contribution in [1.29, 1.82) is 0 Å². The molecule has 5 nitrogen and oxygen atoms in total. The summed E-state index contributed by atoms with van der Waals surface area (Å²) in [4.78, 5) is 26.2. The van der Waals surface area contributed by atoms with Gasteiger partial charge in [-0.05, 0) is 25.0 Å². The minimum absolute atomic E-state index is 0.0868. The van der Waals surface area contributed by atoms with Gasteiger partial charge in [-0.15, -0.1) is 0 Å². The van der Waals surface area contributed by atoms with Crippen LogP contribution in [-0.4, -0.2) is 59.2 Å². The average Bonchev–Trinajstić information content (AvgIpc) is 2.59. The number of aryl methyl sites for hydroxylation is 1. The molecule has 0 radical (unpaired) electrons. The number of benzene rings is 1. The minimum atomic E-state index is -1.04. The van der Waals surface area contributed by atoms with Crippen LogP contribution in [0.15, 0.2) is 24.3 Å². The minimum Gasteiger partial charge on any atom is -0.493 e. The van der Waals surface area contributed by atoms with Crippen LogP contribution >= 0.6 is 23.2 Å². The molecule has 2 amide bonds. The predicted molar refractivity (Wildman–Crippen MR) is 94.6 cm³/mol. The van der Waals surface area contributed by atoms with Crippen molar-refractivity contribution in [3.05, 3.63) is 29.8 Å². The summed E-state index contributed by atoms with van der Waals surface area (Å²) in [5.41, 5.74) is 1.08. The van der Waals surface area contributed by atoms with Gasteiger partial charge in [-0.25, -0.2) is 0 Å². The van der Waals surface area contributed by atoms with Crippen LogP contribution in [0.5, 0.6) is 5.75 Å². The van der Waals surface area contributed by atoms with E-state index >= 15 is 0 Å². The molecule has 0 aliphatic carbocycles. The van der Waals surface area contributed by atoms with Crippen molar-refractivity contribution in [3.8, 4) is 5.75 Å². The van der Waals surface area contributed by atoms with Crippen molar-refractivity contribution >= 4 is 35.0 Å². The maximum atomic E-state index is 12.2. The van der Waals surface area contributed by atoms with Gasteiger partial charge in [0.05, 0.1) is 6.61 Å². The summed E-state index contributed by atoms with van der Waals surface area (Å²) >= 11 is 11.2. The first-order valence-corrected chi connectivity index (χ1v) is 8.89. The van der Waals surface area contributed by atoms with Crippen LogP contribution < -0.4 is 4.74 Å². The SMILES string of the molecule is Cc1ccccc1OCCCC(=O)N1CCN(C(=O)C(Cl)Cl)CC1. The van der Waals surface area contributed by atoms with Gasteiger partial charge in [0.25, 0.3) is 5.91 Å². The number of nitrogens with zero attached hydrogens (tertiary/aromatic N) is 2. The zero-order valence-electron chi connectivity index (χ0n) is 13.7. The van der Waals surface area contributed by atoms with E-state index in [2.05, 4.69) is 0 Å². The molecule has 1 aromatic carbocycles. The molecular formula is C17H22Cl2N2O3. The van der Waals surface area contributed by atoms with E-state index in [4.69, 9.17) is 27.9 Å². The molecule has 24 heavy (non-hydrogen) atoms. The summed E-state index contributed by atoms with van der Waals surface area (Å²) in [7, 11) is 0. The quantitative estimate of drug-likeness (QED) is 0.569. The van der Waals surface area contributed by atoms with Crippen molar-refractivity contribution in [3.63, 3.8) is 0 Å². The molecule has 1 aliphatic rings. The number of alkyl halides is 2. The molecule has 1 aliphatic heterocycles. The van der Waals surface area contributed by atoms with E-state index in [1.165, 1.54) is 0 Å². The van der Waals surface area contributed by atoms with Crippen LogP contribution in [0.1, 0.15) is 18.4 Å². The summed E-state index contributed by atoms with van der Waals surface area (Å²) in [6.07, 6.45) is 1.10. The Kier molecular flexibility index (Phi) is 7.18. The highest BCUT2D eigenvalue weighted by molar-refractivity contribution is 6.53. The van der Waals surface area contributed by atoms with E-state index in [1.54, 1.807) is 9.80 Å². The molecule has 0 bridgehead atoms. The number of rotatable bonds is 6. The first-order chi connectivity index (χ1) is 11.5. The number of hydrogen-bond donors (Lipinski definition) is 0. The number of piperazine rings is 1. The zero-order valence-corrected chi connectivity index (χ0v) is 15.2. The molecule has 7 heteroatoms. The monoisotopic (exact) mass is 372 g/mol. The zero-order chi connectivity index (χ0) is 17.5. The van der Waals surface area contributed by atoms with E-state index in [0.29, 0.717) is 45.6 Å². The van der Waals surface area contributed by atoms with Gasteiger partial charge in [-0.2, -0.15) is 0 Å². The Labute approximate surface area is 152 Å². The van der Waals surface area contributed by atoms with Gasteiger partial charge in [0.15, 0.2) is 4.84 Å². The predicted octanol–water partition coefficient (Wildman–Crippen LogP) is 2.63. The summed E-state index contributed by atoms with van der Waals surface area (Å²) in [6.45, 7) is 4.48. The highest BCUT2D eigenvalue weighted by Crippen LogP contribution is 2.16. The Morgan fingerprint density at radius 2 is 1.75 bits per heavy atom. The fourth-order valence-corrected chi connectivity index (χ4v) is 2.87. The number of halogens is 2. The summed E-state index contributed by atoms with van der Waals surface area (Å²) in [6, 6.07) is 7.81. The molecule has 1 saturated heterocycles. The van der Waals surface area contributed by atoms with Crippen molar-refractivity contribution in [2.45, 2.75) is 24.6 Å². The molecule has 0 saturated carbocycles. The van der Waals surface area contributed by atoms with Crippen LogP contribution in [-0.2, 0) is 9.59 Å². The van der Waals surface area contributed by atoms with Gasteiger partial charge in [0.1, 0.15) is 5.75 Å². The Morgan fingerprint density at radius 1 is 1.12 bits per heavy atom. The molecule has 1 fully saturated rings. The molecule has 0 spiro atoms. The third kappa shape index (κ3) is 5.28. The molecule has 0 unspecified atom stereocenters. The third-order valence-electron chi connectivity index (χ3n) is 4.02. The normalized spacial score (nSPS) is 14.8. The average molecular weight is 373 g/mol.